The summed E-state index contributed by atoms with van der Waals surface area (Å²) >= 11 is 0. The molecule has 106 valence electrons. The van der Waals surface area contributed by atoms with Crippen molar-refractivity contribution in [1.29, 1.82) is 0 Å². The third-order valence-electron chi connectivity index (χ3n) is 2.84. The zero-order valence-electron chi connectivity index (χ0n) is 11.7. The zero-order chi connectivity index (χ0) is 15.1. The minimum absolute atomic E-state index is 0.382. The van der Waals surface area contributed by atoms with Crippen LogP contribution in [0.5, 0.6) is 11.6 Å². The Bertz CT molecular complexity index is 656. The van der Waals surface area contributed by atoms with E-state index in [9.17, 15) is 4.79 Å². The minimum Gasteiger partial charge on any atom is -0.465 e. The highest BCUT2D eigenvalue weighted by Crippen LogP contribution is 2.21. The number of nitrogens with zero attached hydrogens (tertiary/aromatic N) is 1. The molecular formula is C17H15NO3. The second-order valence-electron chi connectivity index (χ2n) is 4.33. The number of terminal acetylenes is 1. The summed E-state index contributed by atoms with van der Waals surface area (Å²) in [5, 5.41) is 0. The third-order valence-corrected chi connectivity index (χ3v) is 2.84. The lowest BCUT2D eigenvalue weighted by atomic mass is 10.1. The van der Waals surface area contributed by atoms with Crippen molar-refractivity contribution in [1.82, 2.24) is 4.98 Å². The summed E-state index contributed by atoms with van der Waals surface area (Å²) in [5.74, 6) is 3.28. The third kappa shape index (κ3) is 4.08. The van der Waals surface area contributed by atoms with Gasteiger partial charge in [-0.15, -0.1) is 12.3 Å². The summed E-state index contributed by atoms with van der Waals surface area (Å²) in [7, 11) is 1.33. The van der Waals surface area contributed by atoms with Crippen LogP contribution in [-0.2, 0) is 11.2 Å². The lowest BCUT2D eigenvalue weighted by Gasteiger charge is -2.07. The molecule has 2 rings (SSSR count). The van der Waals surface area contributed by atoms with Gasteiger partial charge in [-0.1, -0.05) is 12.1 Å². The van der Waals surface area contributed by atoms with Gasteiger partial charge in [-0.3, -0.25) is 0 Å². The maximum atomic E-state index is 11.3. The van der Waals surface area contributed by atoms with Gasteiger partial charge >= 0.3 is 5.97 Å². The first-order valence-corrected chi connectivity index (χ1v) is 6.47. The van der Waals surface area contributed by atoms with Crippen molar-refractivity contribution >= 4 is 5.97 Å². The molecule has 0 N–H and O–H groups in total. The molecule has 4 nitrogen and oxygen atoms in total. The highest BCUT2D eigenvalue weighted by Gasteiger charge is 2.06. The minimum atomic E-state index is -0.426. The van der Waals surface area contributed by atoms with E-state index in [0.29, 0.717) is 23.6 Å². The Hall–Kier alpha value is -2.80. The standard InChI is InChI=1S/C17H15NO3/c1-3-4-6-13-7-5-8-15(11-13)21-16-10-9-14(12-18-16)17(19)20-2/h1,5,7-12H,4,6H2,2H3. The van der Waals surface area contributed by atoms with E-state index >= 15 is 0 Å². The molecule has 0 amide bonds. The molecule has 0 bridgehead atoms. The van der Waals surface area contributed by atoms with Crippen LogP contribution in [0.4, 0.5) is 0 Å². The number of carbonyl (C=O) groups excluding carboxylic acids is 1. The number of rotatable bonds is 5. The molecule has 0 unspecified atom stereocenters. The molecule has 0 spiro atoms. The molecule has 2 aromatic rings. The van der Waals surface area contributed by atoms with E-state index in [2.05, 4.69) is 15.6 Å². The van der Waals surface area contributed by atoms with Gasteiger partial charge in [0.25, 0.3) is 0 Å². The van der Waals surface area contributed by atoms with Crippen LogP contribution in [0.1, 0.15) is 22.3 Å². The average molecular weight is 281 g/mol. The van der Waals surface area contributed by atoms with E-state index in [1.54, 1.807) is 12.1 Å². The molecule has 0 fully saturated rings. The van der Waals surface area contributed by atoms with Crippen molar-refractivity contribution in [2.45, 2.75) is 12.8 Å². The van der Waals surface area contributed by atoms with E-state index in [1.807, 2.05) is 24.3 Å². The monoisotopic (exact) mass is 281 g/mol. The number of pyridine rings is 1. The Morgan fingerprint density at radius 2 is 2.19 bits per heavy atom. The Morgan fingerprint density at radius 1 is 1.33 bits per heavy atom. The molecule has 21 heavy (non-hydrogen) atoms. The first-order chi connectivity index (χ1) is 10.2. The predicted octanol–water partition coefficient (Wildman–Crippen LogP) is 3.23. The number of ether oxygens (including phenoxy) is 2. The lowest BCUT2D eigenvalue weighted by Crippen LogP contribution is -2.01. The molecule has 0 saturated carbocycles. The summed E-state index contributed by atoms with van der Waals surface area (Å²) in [6.07, 6.45) is 8.18. The fourth-order valence-electron chi connectivity index (χ4n) is 1.78. The fourth-order valence-corrected chi connectivity index (χ4v) is 1.78. The Balaban J connectivity index is 2.07. The first-order valence-electron chi connectivity index (χ1n) is 6.47. The van der Waals surface area contributed by atoms with Gasteiger partial charge in [0.2, 0.25) is 5.88 Å². The second kappa shape index (κ2) is 7.11. The van der Waals surface area contributed by atoms with Gasteiger partial charge in [-0.05, 0) is 30.2 Å². The van der Waals surface area contributed by atoms with Crippen molar-refractivity contribution in [3.8, 4) is 24.0 Å². The summed E-state index contributed by atoms with van der Waals surface area (Å²) in [6, 6.07) is 10.9. The van der Waals surface area contributed by atoms with E-state index in [-0.39, 0.29) is 0 Å². The zero-order valence-corrected chi connectivity index (χ0v) is 11.7. The number of hydrogen-bond donors (Lipinski definition) is 0. The summed E-state index contributed by atoms with van der Waals surface area (Å²) in [4.78, 5) is 15.4. The Labute approximate surface area is 123 Å². The highest BCUT2D eigenvalue weighted by molar-refractivity contribution is 5.88. The van der Waals surface area contributed by atoms with E-state index in [4.69, 9.17) is 11.2 Å². The molecule has 0 aliphatic carbocycles. The van der Waals surface area contributed by atoms with E-state index in [0.717, 1.165) is 12.0 Å². The summed E-state index contributed by atoms with van der Waals surface area (Å²) in [5.41, 5.74) is 1.49. The lowest BCUT2D eigenvalue weighted by molar-refractivity contribution is 0.0600. The maximum absolute atomic E-state index is 11.3. The molecule has 0 saturated heterocycles. The molecular weight excluding hydrogens is 266 g/mol. The number of methoxy groups -OCH3 is 1. The number of benzene rings is 1. The fraction of sp³-hybridized carbons (Fsp3) is 0.176. The van der Waals surface area contributed by atoms with Gasteiger partial charge in [-0.2, -0.15) is 0 Å². The summed E-state index contributed by atoms with van der Waals surface area (Å²) < 4.78 is 10.3. The van der Waals surface area contributed by atoms with Crippen LogP contribution in [0, 0.1) is 12.3 Å². The van der Waals surface area contributed by atoms with Crippen LogP contribution >= 0.6 is 0 Å². The molecule has 1 heterocycles. The molecule has 1 aromatic carbocycles. The Kier molecular flexibility index (Phi) is 4.94. The van der Waals surface area contributed by atoms with Gasteiger partial charge in [0, 0.05) is 18.7 Å². The molecule has 0 aliphatic heterocycles. The SMILES string of the molecule is C#CCCc1cccc(Oc2ccc(C(=O)OC)cn2)c1. The second-order valence-corrected chi connectivity index (χ2v) is 4.33. The number of aromatic nitrogens is 1. The summed E-state index contributed by atoms with van der Waals surface area (Å²) in [6.45, 7) is 0. The smallest absolute Gasteiger partial charge is 0.339 e. The molecule has 0 aliphatic rings. The molecule has 4 heteroatoms. The number of hydrogen-bond acceptors (Lipinski definition) is 4. The number of esters is 1. The van der Waals surface area contributed by atoms with E-state index in [1.165, 1.54) is 13.3 Å². The van der Waals surface area contributed by atoms with Crippen LogP contribution in [0.25, 0.3) is 0 Å². The van der Waals surface area contributed by atoms with Gasteiger partial charge in [0.15, 0.2) is 0 Å². The topological polar surface area (TPSA) is 48.4 Å². The first kappa shape index (κ1) is 14.6. The van der Waals surface area contributed by atoms with Gasteiger partial charge in [0.05, 0.1) is 12.7 Å². The van der Waals surface area contributed by atoms with Crippen LogP contribution in [0.3, 0.4) is 0 Å². The van der Waals surface area contributed by atoms with Crippen LogP contribution in [-0.4, -0.2) is 18.1 Å². The van der Waals surface area contributed by atoms with Crippen LogP contribution < -0.4 is 4.74 Å². The average Bonchev–Trinajstić information content (AvgIpc) is 2.53. The van der Waals surface area contributed by atoms with E-state index < -0.39 is 5.97 Å². The maximum Gasteiger partial charge on any atom is 0.339 e. The van der Waals surface area contributed by atoms with Crippen molar-refractivity contribution in [3.05, 3.63) is 53.7 Å². The molecule has 1 aromatic heterocycles. The highest BCUT2D eigenvalue weighted by atomic mass is 16.5. The van der Waals surface area contributed by atoms with Crippen molar-refractivity contribution in [2.75, 3.05) is 7.11 Å². The molecule has 0 radical (unpaired) electrons. The van der Waals surface area contributed by atoms with Gasteiger partial charge < -0.3 is 9.47 Å². The number of aryl methyl sites for hydroxylation is 1. The largest absolute Gasteiger partial charge is 0.465 e. The number of carbonyl (C=O) groups is 1. The van der Waals surface area contributed by atoms with Crippen molar-refractivity contribution in [2.24, 2.45) is 0 Å². The van der Waals surface area contributed by atoms with Crippen molar-refractivity contribution in [3.63, 3.8) is 0 Å². The normalized spacial score (nSPS) is 9.71. The van der Waals surface area contributed by atoms with Crippen LogP contribution in [0.2, 0.25) is 0 Å². The predicted molar refractivity (Wildman–Crippen MR) is 79.2 cm³/mol. The Morgan fingerprint density at radius 3 is 2.86 bits per heavy atom. The van der Waals surface area contributed by atoms with Crippen molar-refractivity contribution < 1.29 is 14.3 Å². The quantitative estimate of drug-likeness (QED) is 0.623. The molecule has 0 atom stereocenters. The van der Waals surface area contributed by atoms with Crippen LogP contribution in [0.15, 0.2) is 42.6 Å². The van der Waals surface area contributed by atoms with Gasteiger partial charge in [-0.25, -0.2) is 9.78 Å². The van der Waals surface area contributed by atoms with Gasteiger partial charge in [0.1, 0.15) is 5.75 Å².